The molecule has 156 valence electrons. The van der Waals surface area contributed by atoms with Crippen molar-refractivity contribution in [2.24, 2.45) is 5.73 Å². The lowest BCUT2D eigenvalue weighted by Crippen LogP contribution is -2.55. The molecule has 4 rings (SSSR count). The molecule has 0 spiro atoms. The molecule has 0 atom stereocenters. The Hall–Kier alpha value is -2.90. The van der Waals surface area contributed by atoms with Gasteiger partial charge in [0, 0.05) is 22.8 Å². The van der Waals surface area contributed by atoms with Crippen LogP contribution < -0.4 is 11.1 Å². The number of carbonyl (C=O) groups is 1. The van der Waals surface area contributed by atoms with Crippen molar-refractivity contribution in [1.82, 2.24) is 14.5 Å². The van der Waals surface area contributed by atoms with Crippen molar-refractivity contribution in [2.75, 3.05) is 11.9 Å². The highest BCUT2D eigenvalue weighted by atomic mass is 35.5. The summed E-state index contributed by atoms with van der Waals surface area (Å²) in [6.45, 7) is 4.85. The first-order valence-electron chi connectivity index (χ1n) is 9.67. The van der Waals surface area contributed by atoms with E-state index in [4.69, 9.17) is 22.3 Å². The maximum absolute atomic E-state index is 13.5. The molecule has 2 heterocycles. The van der Waals surface area contributed by atoms with E-state index in [0.29, 0.717) is 23.8 Å². The molecular weight excluding hydrogens is 405 g/mol. The molecule has 30 heavy (non-hydrogen) atoms. The van der Waals surface area contributed by atoms with Crippen molar-refractivity contribution in [3.63, 3.8) is 0 Å². The van der Waals surface area contributed by atoms with Gasteiger partial charge in [0.15, 0.2) is 0 Å². The average molecular weight is 428 g/mol. The number of nitrogens with two attached hydrogens (primary N) is 1. The number of nitrogens with zero attached hydrogens (tertiary/aromatic N) is 3. The number of anilines is 2. The smallest absolute Gasteiger partial charge is 0.237 e. The second-order valence-corrected chi connectivity index (χ2v) is 8.38. The Kier molecular flexibility index (Phi) is 5.26. The fourth-order valence-corrected chi connectivity index (χ4v) is 3.89. The van der Waals surface area contributed by atoms with Gasteiger partial charge in [-0.3, -0.25) is 4.79 Å². The van der Waals surface area contributed by atoms with Crippen LogP contribution in [0.4, 0.5) is 15.9 Å². The van der Waals surface area contributed by atoms with Gasteiger partial charge in [0.05, 0.1) is 18.6 Å². The van der Waals surface area contributed by atoms with E-state index in [1.165, 1.54) is 12.1 Å². The van der Waals surface area contributed by atoms with Crippen molar-refractivity contribution in [2.45, 2.75) is 32.5 Å². The highest BCUT2D eigenvalue weighted by molar-refractivity contribution is 6.30. The van der Waals surface area contributed by atoms with E-state index < -0.39 is 5.54 Å². The maximum atomic E-state index is 13.5. The zero-order valence-corrected chi connectivity index (χ0v) is 17.6. The molecule has 2 aromatic carbocycles. The summed E-state index contributed by atoms with van der Waals surface area (Å²) in [5.74, 6) is 1.10. The summed E-state index contributed by atoms with van der Waals surface area (Å²) < 4.78 is 15.6. The third-order valence-electron chi connectivity index (χ3n) is 5.32. The highest BCUT2D eigenvalue weighted by Gasteiger charge is 2.38. The summed E-state index contributed by atoms with van der Waals surface area (Å²) in [5.41, 5.74) is 7.50. The largest absolute Gasteiger partial charge is 0.340 e. The van der Waals surface area contributed by atoms with Crippen molar-refractivity contribution in [1.29, 1.82) is 0 Å². The molecule has 3 N–H and O–H groups in total. The Balaban J connectivity index is 1.82. The molecule has 0 saturated carbocycles. The van der Waals surface area contributed by atoms with Crippen LogP contribution in [0.5, 0.6) is 0 Å². The molecule has 1 amide bonds. The lowest BCUT2D eigenvalue weighted by atomic mass is 9.99. The summed E-state index contributed by atoms with van der Waals surface area (Å²) in [4.78, 5) is 19.0. The van der Waals surface area contributed by atoms with Crippen LogP contribution in [0.3, 0.4) is 0 Å². The summed E-state index contributed by atoms with van der Waals surface area (Å²) >= 11 is 6.02. The maximum Gasteiger partial charge on any atom is 0.237 e. The van der Waals surface area contributed by atoms with Gasteiger partial charge in [-0.15, -0.1) is 0 Å². The van der Waals surface area contributed by atoms with Crippen LogP contribution in [-0.2, 0) is 17.9 Å². The van der Waals surface area contributed by atoms with Gasteiger partial charge >= 0.3 is 0 Å². The number of aromatic nitrogens is 2. The number of hydrogen-bond acceptors (Lipinski definition) is 4. The van der Waals surface area contributed by atoms with Gasteiger partial charge in [0.25, 0.3) is 0 Å². The van der Waals surface area contributed by atoms with Crippen LogP contribution in [0.2, 0.25) is 5.02 Å². The van der Waals surface area contributed by atoms with Crippen LogP contribution in [-0.4, -0.2) is 32.4 Å². The van der Waals surface area contributed by atoms with Crippen molar-refractivity contribution < 1.29 is 9.18 Å². The van der Waals surface area contributed by atoms with Crippen LogP contribution >= 0.6 is 11.6 Å². The number of carbonyl (C=O) groups excluding carboxylic acids is 1. The molecule has 0 radical (unpaired) electrons. The Bertz CT molecular complexity index is 1080. The normalized spacial score (nSPS) is 15.0. The average Bonchev–Trinajstić information content (AvgIpc) is 3.05. The first-order chi connectivity index (χ1) is 14.3. The van der Waals surface area contributed by atoms with Crippen LogP contribution in [0.25, 0.3) is 11.3 Å². The molecule has 0 bridgehead atoms. The Morgan fingerprint density at radius 1 is 1.20 bits per heavy atom. The van der Waals surface area contributed by atoms with E-state index in [-0.39, 0.29) is 18.3 Å². The minimum absolute atomic E-state index is 0.0508. The molecule has 1 aliphatic heterocycles. The quantitative estimate of drug-likeness (QED) is 0.655. The SMILES string of the molecule is CC1(C)Cn2c(nc(-c3ccc(F)cc3)c2Nc2ccc(Cl)cc2)CN1C(=O)CN. The van der Waals surface area contributed by atoms with E-state index in [0.717, 1.165) is 22.9 Å². The molecule has 1 aromatic heterocycles. The van der Waals surface area contributed by atoms with E-state index in [2.05, 4.69) is 9.88 Å². The Morgan fingerprint density at radius 3 is 2.50 bits per heavy atom. The third-order valence-corrected chi connectivity index (χ3v) is 5.57. The summed E-state index contributed by atoms with van der Waals surface area (Å²) in [7, 11) is 0. The predicted octanol–water partition coefficient (Wildman–Crippen LogP) is 4.17. The second-order valence-electron chi connectivity index (χ2n) is 7.95. The molecule has 0 aliphatic carbocycles. The van der Waals surface area contributed by atoms with Crippen LogP contribution in [0.15, 0.2) is 48.5 Å². The van der Waals surface area contributed by atoms with Gasteiger partial charge in [-0.25, -0.2) is 9.37 Å². The Labute approximate surface area is 179 Å². The number of halogens is 2. The van der Waals surface area contributed by atoms with E-state index in [1.807, 2.05) is 26.0 Å². The number of imidazole rings is 1. The second kappa shape index (κ2) is 7.74. The van der Waals surface area contributed by atoms with Gasteiger partial charge in [0.1, 0.15) is 23.2 Å². The first kappa shape index (κ1) is 20.4. The van der Waals surface area contributed by atoms with Crippen molar-refractivity contribution in [3.8, 4) is 11.3 Å². The predicted molar refractivity (Wildman–Crippen MR) is 116 cm³/mol. The zero-order valence-electron chi connectivity index (χ0n) is 16.8. The molecule has 6 nitrogen and oxygen atoms in total. The molecule has 1 aliphatic rings. The fraction of sp³-hybridized carbons (Fsp3) is 0.273. The number of benzene rings is 2. The lowest BCUT2D eigenvalue weighted by molar-refractivity contribution is -0.137. The molecular formula is C22H23ClFN5O. The van der Waals surface area contributed by atoms with E-state index >= 15 is 0 Å². The highest BCUT2D eigenvalue weighted by Crippen LogP contribution is 2.37. The summed E-state index contributed by atoms with van der Waals surface area (Å²) in [5, 5.41) is 4.08. The number of rotatable bonds is 4. The van der Waals surface area contributed by atoms with Gasteiger partial charge in [-0.05, 0) is 62.4 Å². The number of nitrogens with one attached hydrogen (secondary N) is 1. The molecule has 0 fully saturated rings. The number of fused-ring (bicyclic) bond motifs is 1. The van der Waals surface area contributed by atoms with E-state index in [9.17, 15) is 9.18 Å². The standard InChI is InChI=1S/C22H23ClFN5O/c1-22(2)13-28-18(12-29(22)19(30)11-25)27-20(14-3-7-16(24)8-4-14)21(28)26-17-9-5-15(23)6-10-17/h3-10,26H,11-13,25H2,1-2H3. The molecule has 8 heteroatoms. The molecule has 0 unspecified atom stereocenters. The van der Waals surface area contributed by atoms with Gasteiger partial charge in [-0.2, -0.15) is 0 Å². The monoisotopic (exact) mass is 427 g/mol. The Morgan fingerprint density at radius 2 is 1.87 bits per heavy atom. The van der Waals surface area contributed by atoms with E-state index in [1.54, 1.807) is 29.2 Å². The van der Waals surface area contributed by atoms with Crippen LogP contribution in [0, 0.1) is 5.82 Å². The van der Waals surface area contributed by atoms with Crippen molar-refractivity contribution in [3.05, 3.63) is 65.2 Å². The lowest BCUT2D eigenvalue weighted by Gasteiger charge is -2.42. The minimum Gasteiger partial charge on any atom is -0.340 e. The fourth-order valence-electron chi connectivity index (χ4n) is 3.76. The number of hydrogen-bond donors (Lipinski definition) is 2. The first-order valence-corrected chi connectivity index (χ1v) is 10.0. The van der Waals surface area contributed by atoms with Crippen molar-refractivity contribution >= 4 is 29.0 Å². The van der Waals surface area contributed by atoms with Gasteiger partial charge < -0.3 is 20.5 Å². The molecule has 3 aromatic rings. The summed E-state index contributed by atoms with van der Waals surface area (Å²) in [6.07, 6.45) is 0. The molecule has 0 saturated heterocycles. The topological polar surface area (TPSA) is 76.2 Å². The van der Waals surface area contributed by atoms with Gasteiger partial charge in [0.2, 0.25) is 5.91 Å². The number of amides is 1. The minimum atomic E-state index is -0.444. The van der Waals surface area contributed by atoms with Crippen LogP contribution in [0.1, 0.15) is 19.7 Å². The van der Waals surface area contributed by atoms with Gasteiger partial charge in [-0.1, -0.05) is 11.6 Å². The zero-order chi connectivity index (χ0) is 21.5. The third kappa shape index (κ3) is 3.78. The summed E-state index contributed by atoms with van der Waals surface area (Å²) in [6, 6.07) is 13.6.